The van der Waals surface area contributed by atoms with Crippen LogP contribution in [0.25, 0.3) is 0 Å². The summed E-state index contributed by atoms with van der Waals surface area (Å²) in [4.78, 5) is 0. The first-order chi connectivity index (χ1) is 3.93. The summed E-state index contributed by atoms with van der Waals surface area (Å²) in [7, 11) is 0. The van der Waals surface area contributed by atoms with Crippen molar-refractivity contribution in [1.82, 2.24) is 0 Å². The normalized spacial score (nSPS) is 17.6. The summed E-state index contributed by atoms with van der Waals surface area (Å²) in [5.74, 6) is 2.19. The van der Waals surface area contributed by atoms with Crippen molar-refractivity contribution in [2.24, 2.45) is 0 Å². The molecule has 0 saturated carbocycles. The molecule has 1 aliphatic rings. The van der Waals surface area contributed by atoms with Crippen molar-refractivity contribution in [3.8, 4) is 6.07 Å². The summed E-state index contributed by atoms with van der Waals surface area (Å²) in [5.41, 5.74) is 1.30. The Balaban J connectivity index is 2.36. The monoisotopic (exact) mass is 125 g/mol. The fourth-order valence-electron chi connectivity index (χ4n) is 0.650. The number of hydrogen-bond acceptors (Lipinski definition) is 2. The molecule has 0 aromatic rings. The highest BCUT2D eigenvalue weighted by Gasteiger charge is 2.01. The van der Waals surface area contributed by atoms with Gasteiger partial charge in [-0.25, -0.2) is 0 Å². The lowest BCUT2D eigenvalue weighted by Crippen LogP contribution is -1.76. The van der Waals surface area contributed by atoms with Gasteiger partial charge in [-0.05, 0) is 5.57 Å². The first-order valence-electron chi connectivity index (χ1n) is 2.56. The van der Waals surface area contributed by atoms with E-state index in [4.69, 9.17) is 5.26 Å². The van der Waals surface area contributed by atoms with Crippen molar-refractivity contribution in [1.29, 1.82) is 5.26 Å². The molecule has 0 aliphatic carbocycles. The number of thioether (sulfide) groups is 1. The second-order valence-corrected chi connectivity index (χ2v) is 2.74. The Morgan fingerprint density at radius 3 is 3.25 bits per heavy atom. The molecule has 0 fully saturated rings. The predicted molar refractivity (Wildman–Crippen MR) is 35.6 cm³/mol. The smallest absolute Gasteiger partial charge is 0.0666 e. The van der Waals surface area contributed by atoms with Crippen LogP contribution in [0.3, 0.4) is 0 Å². The van der Waals surface area contributed by atoms with Gasteiger partial charge in [0.25, 0.3) is 0 Å². The predicted octanol–water partition coefficient (Wildman–Crippen LogP) is 1.57. The number of nitrogens with zero attached hydrogens (tertiary/aromatic N) is 1. The van der Waals surface area contributed by atoms with Gasteiger partial charge >= 0.3 is 0 Å². The third kappa shape index (κ3) is 1.28. The number of rotatable bonds is 1. The Bertz CT molecular complexity index is 143. The van der Waals surface area contributed by atoms with Crippen LogP contribution in [0, 0.1) is 11.3 Å². The molecule has 2 heteroatoms. The van der Waals surface area contributed by atoms with Crippen LogP contribution in [0.2, 0.25) is 0 Å². The Morgan fingerprint density at radius 2 is 2.75 bits per heavy atom. The highest BCUT2D eigenvalue weighted by Crippen LogP contribution is 2.18. The zero-order chi connectivity index (χ0) is 5.82. The van der Waals surface area contributed by atoms with Crippen molar-refractivity contribution in [3.05, 3.63) is 11.6 Å². The average molecular weight is 125 g/mol. The van der Waals surface area contributed by atoms with Crippen LogP contribution in [-0.2, 0) is 0 Å². The van der Waals surface area contributed by atoms with E-state index in [-0.39, 0.29) is 0 Å². The summed E-state index contributed by atoms with van der Waals surface area (Å²) in [5, 5.41) is 8.23. The fourth-order valence-corrected chi connectivity index (χ4v) is 1.60. The SMILES string of the molecule is N#CCC1=CCSC1. The molecule has 8 heavy (non-hydrogen) atoms. The van der Waals surface area contributed by atoms with Crippen molar-refractivity contribution in [2.75, 3.05) is 11.5 Å². The highest BCUT2D eigenvalue weighted by atomic mass is 32.2. The molecule has 0 radical (unpaired) electrons. The van der Waals surface area contributed by atoms with Gasteiger partial charge in [0, 0.05) is 11.5 Å². The standard InChI is InChI=1S/C6H7NS/c7-3-1-6-2-4-8-5-6/h2H,1,4-5H2. The largest absolute Gasteiger partial charge is 0.198 e. The zero-order valence-electron chi connectivity index (χ0n) is 4.55. The summed E-state index contributed by atoms with van der Waals surface area (Å²) in [6, 6.07) is 2.13. The van der Waals surface area contributed by atoms with E-state index < -0.39 is 0 Å². The first kappa shape index (κ1) is 5.71. The molecule has 0 saturated heterocycles. The second-order valence-electron chi connectivity index (χ2n) is 1.71. The van der Waals surface area contributed by atoms with Crippen molar-refractivity contribution < 1.29 is 0 Å². The number of hydrogen-bond donors (Lipinski definition) is 0. The maximum absolute atomic E-state index is 8.23. The molecule has 0 unspecified atom stereocenters. The van der Waals surface area contributed by atoms with E-state index in [9.17, 15) is 0 Å². The summed E-state index contributed by atoms with van der Waals surface area (Å²) in [6.07, 6.45) is 2.78. The average Bonchev–Trinajstić information content (AvgIpc) is 2.19. The second kappa shape index (κ2) is 2.78. The maximum Gasteiger partial charge on any atom is 0.0666 e. The lowest BCUT2D eigenvalue weighted by Gasteiger charge is -1.86. The van der Waals surface area contributed by atoms with E-state index in [1.54, 1.807) is 0 Å². The molecule has 0 bridgehead atoms. The molecule has 0 N–H and O–H groups in total. The maximum atomic E-state index is 8.23. The van der Waals surface area contributed by atoms with Crippen LogP contribution in [0.15, 0.2) is 11.6 Å². The van der Waals surface area contributed by atoms with Crippen LogP contribution >= 0.6 is 11.8 Å². The van der Waals surface area contributed by atoms with Crippen molar-refractivity contribution in [3.63, 3.8) is 0 Å². The Kier molecular flexibility index (Phi) is 1.99. The van der Waals surface area contributed by atoms with E-state index in [0.29, 0.717) is 6.42 Å². The molecule has 1 rings (SSSR count). The van der Waals surface area contributed by atoms with E-state index in [1.807, 2.05) is 11.8 Å². The van der Waals surface area contributed by atoms with Crippen molar-refractivity contribution >= 4 is 11.8 Å². The van der Waals surface area contributed by atoms with E-state index in [1.165, 1.54) is 5.57 Å². The van der Waals surface area contributed by atoms with Gasteiger partial charge in [-0.15, -0.1) is 0 Å². The van der Waals surface area contributed by atoms with E-state index >= 15 is 0 Å². The summed E-state index contributed by atoms with van der Waals surface area (Å²) in [6.45, 7) is 0. The minimum absolute atomic E-state index is 0.632. The van der Waals surface area contributed by atoms with Gasteiger partial charge in [-0.1, -0.05) is 6.08 Å². The topological polar surface area (TPSA) is 23.8 Å². The van der Waals surface area contributed by atoms with Crippen LogP contribution in [0.1, 0.15) is 6.42 Å². The zero-order valence-corrected chi connectivity index (χ0v) is 5.37. The summed E-state index contributed by atoms with van der Waals surface area (Å²) < 4.78 is 0. The Labute approximate surface area is 53.4 Å². The third-order valence-electron chi connectivity index (χ3n) is 1.08. The van der Waals surface area contributed by atoms with Crippen LogP contribution in [0.4, 0.5) is 0 Å². The van der Waals surface area contributed by atoms with Gasteiger partial charge in [0.15, 0.2) is 0 Å². The quantitative estimate of drug-likeness (QED) is 0.497. The molecule has 0 aromatic carbocycles. The molecule has 0 amide bonds. The number of nitriles is 1. The van der Waals surface area contributed by atoms with Gasteiger partial charge in [0.05, 0.1) is 12.5 Å². The molecule has 1 nitrogen and oxygen atoms in total. The van der Waals surface area contributed by atoms with E-state index in [0.717, 1.165) is 11.5 Å². The van der Waals surface area contributed by atoms with Gasteiger partial charge in [0.1, 0.15) is 0 Å². The molecule has 0 aromatic heterocycles. The Hall–Kier alpha value is -0.420. The van der Waals surface area contributed by atoms with Crippen LogP contribution in [0.5, 0.6) is 0 Å². The minimum atomic E-state index is 0.632. The van der Waals surface area contributed by atoms with Gasteiger partial charge < -0.3 is 0 Å². The molecule has 0 spiro atoms. The van der Waals surface area contributed by atoms with Crippen molar-refractivity contribution in [2.45, 2.75) is 6.42 Å². The fraction of sp³-hybridized carbons (Fsp3) is 0.500. The van der Waals surface area contributed by atoms with Gasteiger partial charge in [-0.3, -0.25) is 0 Å². The Morgan fingerprint density at radius 1 is 1.88 bits per heavy atom. The lowest BCUT2D eigenvalue weighted by molar-refractivity contribution is 1.23. The third-order valence-corrected chi connectivity index (χ3v) is 2.06. The molecule has 1 heterocycles. The van der Waals surface area contributed by atoms with Gasteiger partial charge in [-0.2, -0.15) is 17.0 Å². The van der Waals surface area contributed by atoms with Gasteiger partial charge in [0.2, 0.25) is 0 Å². The minimum Gasteiger partial charge on any atom is -0.198 e. The summed E-state index contributed by atoms with van der Waals surface area (Å²) >= 11 is 1.88. The molecular weight excluding hydrogens is 118 g/mol. The van der Waals surface area contributed by atoms with E-state index in [2.05, 4.69) is 12.1 Å². The molecular formula is C6H7NS. The van der Waals surface area contributed by atoms with Crippen LogP contribution < -0.4 is 0 Å². The molecule has 42 valence electrons. The highest BCUT2D eigenvalue weighted by molar-refractivity contribution is 7.99. The lowest BCUT2D eigenvalue weighted by atomic mass is 10.2. The molecule has 1 aliphatic heterocycles. The first-order valence-corrected chi connectivity index (χ1v) is 3.71. The van der Waals surface area contributed by atoms with Crippen LogP contribution in [-0.4, -0.2) is 11.5 Å². The molecule has 0 atom stereocenters.